The standard InChI is InChI=1S/C34H62O19/c1-5-48-31(35)25-44-13-9-40-21-29(22-41-10-14-45-26-32(36)49-6-2)52-19-17-39-18-20-53-30(23-42-11-15-46-27-33(37)50-7-3)24-43-12-16-47-28-34(38)51-8-4/h29-30H,5-28H2,1-4H3. The van der Waals surface area contributed by atoms with Gasteiger partial charge in [0.25, 0.3) is 0 Å². The molecule has 0 spiro atoms. The molecule has 0 aliphatic heterocycles. The van der Waals surface area contributed by atoms with Crippen LogP contribution < -0.4 is 0 Å². The smallest absolute Gasteiger partial charge is 0.332 e. The molecule has 0 atom stereocenters. The summed E-state index contributed by atoms with van der Waals surface area (Å²) in [6, 6.07) is 0. The van der Waals surface area contributed by atoms with Crippen LogP contribution in [0.15, 0.2) is 0 Å². The van der Waals surface area contributed by atoms with Gasteiger partial charge in [0.2, 0.25) is 0 Å². The lowest BCUT2D eigenvalue weighted by Crippen LogP contribution is -2.30. The summed E-state index contributed by atoms with van der Waals surface area (Å²) >= 11 is 0. The van der Waals surface area contributed by atoms with E-state index in [1.165, 1.54) is 0 Å². The van der Waals surface area contributed by atoms with Crippen LogP contribution in [0, 0.1) is 0 Å². The van der Waals surface area contributed by atoms with Crippen LogP contribution >= 0.6 is 0 Å². The molecule has 0 heterocycles. The number of hydrogen-bond donors (Lipinski definition) is 0. The van der Waals surface area contributed by atoms with Gasteiger partial charge < -0.3 is 71.1 Å². The van der Waals surface area contributed by atoms with Gasteiger partial charge in [0.05, 0.1) is 132 Å². The maximum atomic E-state index is 11.4. The van der Waals surface area contributed by atoms with E-state index in [-0.39, 0.29) is 159 Å². The van der Waals surface area contributed by atoms with Crippen molar-refractivity contribution in [1.29, 1.82) is 0 Å². The fraction of sp³-hybridized carbons (Fsp3) is 0.882. The average Bonchev–Trinajstić information content (AvgIpc) is 3.13. The first-order chi connectivity index (χ1) is 25.9. The second-order valence-electron chi connectivity index (χ2n) is 10.3. The first kappa shape index (κ1) is 50.4. The first-order valence-corrected chi connectivity index (χ1v) is 17.9. The minimum Gasteiger partial charge on any atom is -0.464 e. The third-order valence-corrected chi connectivity index (χ3v) is 5.97. The van der Waals surface area contributed by atoms with Crippen molar-refractivity contribution in [2.75, 3.05) is 159 Å². The van der Waals surface area contributed by atoms with Crippen LogP contribution in [0.2, 0.25) is 0 Å². The second-order valence-corrected chi connectivity index (χ2v) is 10.3. The van der Waals surface area contributed by atoms with Crippen LogP contribution in [-0.2, 0) is 90.2 Å². The van der Waals surface area contributed by atoms with E-state index in [9.17, 15) is 19.2 Å². The Morgan fingerprint density at radius 1 is 0.321 bits per heavy atom. The van der Waals surface area contributed by atoms with Gasteiger partial charge in [0.1, 0.15) is 38.6 Å². The maximum Gasteiger partial charge on any atom is 0.332 e. The van der Waals surface area contributed by atoms with Crippen LogP contribution in [0.5, 0.6) is 0 Å². The molecule has 19 heteroatoms. The van der Waals surface area contributed by atoms with E-state index >= 15 is 0 Å². The Bertz CT molecular complexity index is 749. The lowest BCUT2D eigenvalue weighted by Gasteiger charge is -2.19. The van der Waals surface area contributed by atoms with Gasteiger partial charge >= 0.3 is 23.9 Å². The Balaban J connectivity index is 4.53. The van der Waals surface area contributed by atoms with E-state index in [4.69, 9.17) is 71.1 Å². The van der Waals surface area contributed by atoms with E-state index < -0.39 is 36.1 Å². The quantitative estimate of drug-likeness (QED) is 0.0462. The summed E-state index contributed by atoms with van der Waals surface area (Å²) in [5.41, 5.74) is 0. The van der Waals surface area contributed by atoms with Crippen molar-refractivity contribution >= 4 is 23.9 Å². The molecule has 0 amide bonds. The van der Waals surface area contributed by atoms with Crippen molar-refractivity contribution in [3.05, 3.63) is 0 Å². The molecular formula is C34H62O19. The normalized spacial score (nSPS) is 11.3. The molecule has 0 fully saturated rings. The fourth-order valence-electron chi connectivity index (χ4n) is 3.70. The molecule has 0 aromatic carbocycles. The lowest BCUT2D eigenvalue weighted by atomic mass is 10.4. The van der Waals surface area contributed by atoms with Gasteiger partial charge in [-0.05, 0) is 27.7 Å². The number of carbonyl (C=O) groups excluding carboxylic acids is 4. The highest BCUT2D eigenvalue weighted by molar-refractivity contribution is 5.71. The molecule has 312 valence electrons. The summed E-state index contributed by atoms with van der Waals surface area (Å²) in [6.45, 7) is 10.8. The Kier molecular flexibility index (Phi) is 37.3. The number of ether oxygens (including phenoxy) is 15. The zero-order chi connectivity index (χ0) is 39.0. The van der Waals surface area contributed by atoms with Gasteiger partial charge in [-0.1, -0.05) is 0 Å². The average molecular weight is 775 g/mol. The molecule has 0 aromatic rings. The fourth-order valence-corrected chi connectivity index (χ4v) is 3.70. The number of hydrogen-bond acceptors (Lipinski definition) is 19. The van der Waals surface area contributed by atoms with Crippen LogP contribution in [0.4, 0.5) is 0 Å². The molecule has 0 aromatic heterocycles. The molecule has 0 N–H and O–H groups in total. The van der Waals surface area contributed by atoms with Gasteiger partial charge in [0, 0.05) is 0 Å². The van der Waals surface area contributed by atoms with Crippen molar-refractivity contribution in [3.63, 3.8) is 0 Å². The van der Waals surface area contributed by atoms with Crippen molar-refractivity contribution in [3.8, 4) is 0 Å². The molecule has 0 aliphatic carbocycles. The SMILES string of the molecule is CCOC(=O)COCCOCC(COCCOCC(=O)OCC)OCCOCCOC(COCCOCC(=O)OCC)COCCOCC(=O)OCC. The molecule has 0 aliphatic rings. The Morgan fingerprint density at radius 2 is 0.547 bits per heavy atom. The summed E-state index contributed by atoms with van der Waals surface area (Å²) in [4.78, 5) is 45.5. The summed E-state index contributed by atoms with van der Waals surface area (Å²) < 4.78 is 80.1. The van der Waals surface area contributed by atoms with Gasteiger partial charge in [-0.3, -0.25) is 0 Å². The lowest BCUT2D eigenvalue weighted by molar-refractivity contribution is -0.150. The van der Waals surface area contributed by atoms with E-state index in [0.717, 1.165) is 0 Å². The maximum absolute atomic E-state index is 11.4. The van der Waals surface area contributed by atoms with Crippen LogP contribution in [-0.4, -0.2) is 195 Å². The van der Waals surface area contributed by atoms with Crippen molar-refractivity contribution in [2.24, 2.45) is 0 Å². The van der Waals surface area contributed by atoms with Gasteiger partial charge in [-0.2, -0.15) is 0 Å². The molecular weight excluding hydrogens is 712 g/mol. The van der Waals surface area contributed by atoms with E-state index in [0.29, 0.717) is 0 Å². The zero-order valence-corrected chi connectivity index (χ0v) is 31.9. The number of carbonyl (C=O) groups is 4. The van der Waals surface area contributed by atoms with Crippen molar-refractivity contribution < 1.29 is 90.2 Å². The minimum atomic E-state index is -0.445. The van der Waals surface area contributed by atoms with Gasteiger partial charge in [-0.25, -0.2) is 19.2 Å². The van der Waals surface area contributed by atoms with Crippen molar-refractivity contribution in [1.82, 2.24) is 0 Å². The summed E-state index contributed by atoms with van der Waals surface area (Å²) in [6.07, 6.45) is -0.877. The second kappa shape index (κ2) is 39.1. The summed E-state index contributed by atoms with van der Waals surface area (Å²) in [5.74, 6) is -1.78. The summed E-state index contributed by atoms with van der Waals surface area (Å²) in [5, 5.41) is 0. The highest BCUT2D eigenvalue weighted by atomic mass is 16.6. The number of esters is 4. The topological polar surface area (TPSA) is 207 Å². The minimum absolute atomic E-state index is 0.158. The Labute approximate surface area is 312 Å². The third kappa shape index (κ3) is 36.2. The first-order valence-electron chi connectivity index (χ1n) is 17.9. The molecule has 0 rings (SSSR count). The van der Waals surface area contributed by atoms with E-state index in [1.54, 1.807) is 27.7 Å². The molecule has 0 bridgehead atoms. The zero-order valence-electron chi connectivity index (χ0n) is 31.9. The molecule has 19 nitrogen and oxygen atoms in total. The summed E-state index contributed by atoms with van der Waals surface area (Å²) in [7, 11) is 0. The Morgan fingerprint density at radius 3 is 0.792 bits per heavy atom. The van der Waals surface area contributed by atoms with Gasteiger partial charge in [-0.15, -0.1) is 0 Å². The predicted molar refractivity (Wildman–Crippen MR) is 183 cm³/mol. The largest absolute Gasteiger partial charge is 0.464 e. The molecule has 0 saturated heterocycles. The monoisotopic (exact) mass is 774 g/mol. The predicted octanol–water partition coefficient (Wildman–Crippen LogP) is 0.159. The Hall–Kier alpha value is -2.56. The van der Waals surface area contributed by atoms with Crippen LogP contribution in [0.25, 0.3) is 0 Å². The molecule has 0 saturated carbocycles. The number of rotatable bonds is 40. The van der Waals surface area contributed by atoms with Crippen LogP contribution in [0.1, 0.15) is 27.7 Å². The van der Waals surface area contributed by atoms with Crippen LogP contribution in [0.3, 0.4) is 0 Å². The van der Waals surface area contributed by atoms with E-state index in [2.05, 4.69) is 0 Å². The van der Waals surface area contributed by atoms with Crippen molar-refractivity contribution in [2.45, 2.75) is 39.9 Å². The third-order valence-electron chi connectivity index (χ3n) is 5.97. The van der Waals surface area contributed by atoms with Gasteiger partial charge in [0.15, 0.2) is 0 Å². The molecule has 0 unspecified atom stereocenters. The van der Waals surface area contributed by atoms with E-state index in [1.807, 2.05) is 0 Å². The molecule has 53 heavy (non-hydrogen) atoms. The molecule has 0 radical (unpaired) electrons. The highest BCUT2D eigenvalue weighted by Crippen LogP contribution is 2.00. The highest BCUT2D eigenvalue weighted by Gasteiger charge is 2.13.